The summed E-state index contributed by atoms with van der Waals surface area (Å²) in [7, 11) is 0. The van der Waals surface area contributed by atoms with Crippen LogP contribution in [0.4, 0.5) is 5.13 Å². The molecule has 0 radical (unpaired) electrons. The van der Waals surface area contributed by atoms with Crippen molar-refractivity contribution in [2.75, 3.05) is 25.1 Å². The van der Waals surface area contributed by atoms with Gasteiger partial charge in [0.05, 0.1) is 24.0 Å². The molecule has 0 amide bonds. The first-order chi connectivity index (χ1) is 11.6. The Bertz CT molecular complexity index is 717. The molecule has 1 aliphatic rings. The Morgan fingerprint density at radius 2 is 2.38 bits per heavy atom. The third-order valence-corrected chi connectivity index (χ3v) is 4.98. The molecule has 1 atom stereocenters. The summed E-state index contributed by atoms with van der Waals surface area (Å²) >= 11 is 1.56. The second-order valence-electron chi connectivity index (χ2n) is 5.90. The van der Waals surface area contributed by atoms with E-state index in [1.807, 2.05) is 26.2 Å². The van der Waals surface area contributed by atoms with Crippen LogP contribution in [0.1, 0.15) is 41.4 Å². The zero-order chi connectivity index (χ0) is 17.1. The number of carbonyl (C=O) groups is 1. The smallest absolute Gasteiger partial charge is 0.340 e. The number of aromatic amines is 1. The molecule has 6 nitrogen and oxygen atoms in total. The number of nitrogens with one attached hydrogen (secondary N) is 2. The van der Waals surface area contributed by atoms with Gasteiger partial charge in [0.25, 0.3) is 0 Å². The molecule has 24 heavy (non-hydrogen) atoms. The molecule has 2 aromatic rings. The van der Waals surface area contributed by atoms with Gasteiger partial charge in [-0.3, -0.25) is 0 Å². The average Bonchev–Trinajstić information content (AvgIpc) is 3.26. The molecule has 0 saturated carbocycles. The zero-order valence-corrected chi connectivity index (χ0v) is 15.1. The van der Waals surface area contributed by atoms with Gasteiger partial charge in [0.15, 0.2) is 5.13 Å². The van der Waals surface area contributed by atoms with Gasteiger partial charge in [0, 0.05) is 24.2 Å². The largest absolute Gasteiger partial charge is 0.462 e. The van der Waals surface area contributed by atoms with Crippen LogP contribution in [0.15, 0.2) is 5.38 Å². The number of aromatic nitrogens is 2. The maximum atomic E-state index is 12.1. The van der Waals surface area contributed by atoms with Crippen molar-refractivity contribution in [3.63, 3.8) is 0 Å². The van der Waals surface area contributed by atoms with E-state index in [4.69, 9.17) is 9.47 Å². The second-order valence-corrected chi connectivity index (χ2v) is 6.76. The molecule has 1 fully saturated rings. The molecule has 3 rings (SSSR count). The van der Waals surface area contributed by atoms with Gasteiger partial charge in [-0.05, 0) is 39.2 Å². The van der Waals surface area contributed by atoms with Gasteiger partial charge >= 0.3 is 5.97 Å². The van der Waals surface area contributed by atoms with Crippen molar-refractivity contribution in [1.29, 1.82) is 0 Å². The highest BCUT2D eigenvalue weighted by molar-refractivity contribution is 7.14. The van der Waals surface area contributed by atoms with Crippen LogP contribution < -0.4 is 5.32 Å². The topological polar surface area (TPSA) is 76.2 Å². The fourth-order valence-corrected chi connectivity index (χ4v) is 3.70. The monoisotopic (exact) mass is 349 g/mol. The molecule has 0 spiro atoms. The van der Waals surface area contributed by atoms with Gasteiger partial charge in [0.2, 0.25) is 0 Å². The highest BCUT2D eigenvalue weighted by atomic mass is 32.1. The summed E-state index contributed by atoms with van der Waals surface area (Å²) in [6, 6.07) is 0. The number of thiazole rings is 1. The standard InChI is InChI=1S/C17H23N3O3S/c1-4-22-16(21)14-10(2)15(19-11(14)3)13-9-24-17(20-13)18-8-12-6-5-7-23-12/h9,12,19H,4-8H2,1-3H3,(H,18,20)/t12-/m1/s1. The summed E-state index contributed by atoms with van der Waals surface area (Å²) < 4.78 is 10.7. The lowest BCUT2D eigenvalue weighted by Crippen LogP contribution is -2.18. The number of esters is 1. The van der Waals surface area contributed by atoms with E-state index >= 15 is 0 Å². The molecule has 3 heterocycles. The minimum absolute atomic E-state index is 0.280. The first-order valence-corrected chi connectivity index (χ1v) is 9.15. The fourth-order valence-electron chi connectivity index (χ4n) is 2.99. The summed E-state index contributed by atoms with van der Waals surface area (Å²) in [5.74, 6) is -0.290. The van der Waals surface area contributed by atoms with Crippen LogP contribution in [0.3, 0.4) is 0 Å². The zero-order valence-electron chi connectivity index (χ0n) is 14.3. The lowest BCUT2D eigenvalue weighted by molar-refractivity contribution is 0.0525. The Labute approximate surface area is 145 Å². The van der Waals surface area contributed by atoms with E-state index < -0.39 is 0 Å². The molecular formula is C17H23N3O3S. The van der Waals surface area contributed by atoms with Gasteiger partial charge in [-0.15, -0.1) is 11.3 Å². The van der Waals surface area contributed by atoms with Crippen LogP contribution in [-0.4, -0.2) is 41.8 Å². The molecule has 0 bridgehead atoms. The van der Waals surface area contributed by atoms with Crippen molar-refractivity contribution in [2.24, 2.45) is 0 Å². The SMILES string of the molecule is CCOC(=O)c1c(C)[nH]c(-c2csc(NC[C@H]3CCCO3)n2)c1C. The summed E-state index contributed by atoms with van der Waals surface area (Å²) in [6.45, 7) is 7.61. The minimum Gasteiger partial charge on any atom is -0.462 e. The van der Waals surface area contributed by atoms with E-state index in [-0.39, 0.29) is 12.1 Å². The van der Waals surface area contributed by atoms with Crippen molar-refractivity contribution in [2.45, 2.75) is 39.7 Å². The van der Waals surface area contributed by atoms with Crippen molar-refractivity contribution in [3.8, 4) is 11.4 Å². The van der Waals surface area contributed by atoms with E-state index in [0.29, 0.717) is 12.2 Å². The highest BCUT2D eigenvalue weighted by Gasteiger charge is 2.21. The maximum absolute atomic E-state index is 12.1. The molecule has 1 saturated heterocycles. The van der Waals surface area contributed by atoms with E-state index in [1.54, 1.807) is 11.3 Å². The van der Waals surface area contributed by atoms with Gasteiger partial charge in [0.1, 0.15) is 5.69 Å². The van der Waals surface area contributed by atoms with Gasteiger partial charge < -0.3 is 19.8 Å². The van der Waals surface area contributed by atoms with Gasteiger partial charge in [-0.2, -0.15) is 0 Å². The van der Waals surface area contributed by atoms with Crippen molar-refractivity contribution < 1.29 is 14.3 Å². The first-order valence-electron chi connectivity index (χ1n) is 8.27. The van der Waals surface area contributed by atoms with Crippen LogP contribution in [0.5, 0.6) is 0 Å². The number of H-pyrrole nitrogens is 1. The number of nitrogens with zero attached hydrogens (tertiary/aromatic N) is 1. The fraction of sp³-hybridized carbons (Fsp3) is 0.529. The molecule has 1 aliphatic heterocycles. The molecule has 0 aromatic carbocycles. The molecule has 0 unspecified atom stereocenters. The van der Waals surface area contributed by atoms with Gasteiger partial charge in [-0.25, -0.2) is 9.78 Å². The van der Waals surface area contributed by atoms with Crippen LogP contribution in [0, 0.1) is 13.8 Å². The predicted molar refractivity (Wildman–Crippen MR) is 94.8 cm³/mol. The Balaban J connectivity index is 1.75. The Morgan fingerprint density at radius 1 is 1.54 bits per heavy atom. The van der Waals surface area contributed by atoms with E-state index in [1.165, 1.54) is 0 Å². The molecule has 2 aromatic heterocycles. The minimum atomic E-state index is -0.290. The molecular weight excluding hydrogens is 326 g/mol. The Kier molecular flexibility index (Phi) is 5.20. The number of anilines is 1. The van der Waals surface area contributed by atoms with E-state index in [0.717, 1.165) is 53.8 Å². The third-order valence-electron chi connectivity index (χ3n) is 4.18. The summed E-state index contributed by atoms with van der Waals surface area (Å²) in [5.41, 5.74) is 4.00. The Hall–Kier alpha value is -1.86. The third kappa shape index (κ3) is 3.47. The summed E-state index contributed by atoms with van der Waals surface area (Å²) in [6.07, 6.45) is 2.51. The average molecular weight is 349 g/mol. The summed E-state index contributed by atoms with van der Waals surface area (Å²) in [4.78, 5) is 20.0. The number of hydrogen-bond donors (Lipinski definition) is 2. The first kappa shape index (κ1) is 17.0. The number of ether oxygens (including phenoxy) is 2. The molecule has 2 N–H and O–H groups in total. The van der Waals surface area contributed by atoms with Crippen LogP contribution in [-0.2, 0) is 9.47 Å². The number of aryl methyl sites for hydroxylation is 1. The van der Waals surface area contributed by atoms with Crippen LogP contribution in [0.25, 0.3) is 11.4 Å². The molecule has 0 aliphatic carbocycles. The van der Waals surface area contributed by atoms with Gasteiger partial charge in [-0.1, -0.05) is 0 Å². The number of hydrogen-bond acceptors (Lipinski definition) is 6. The highest BCUT2D eigenvalue weighted by Crippen LogP contribution is 2.30. The predicted octanol–water partition coefficient (Wildman–Crippen LogP) is 3.52. The maximum Gasteiger partial charge on any atom is 0.340 e. The van der Waals surface area contributed by atoms with Crippen molar-refractivity contribution >= 4 is 22.4 Å². The normalized spacial score (nSPS) is 17.2. The number of carbonyl (C=O) groups excluding carboxylic acids is 1. The van der Waals surface area contributed by atoms with Crippen LogP contribution >= 0.6 is 11.3 Å². The number of rotatable bonds is 6. The quantitative estimate of drug-likeness (QED) is 0.780. The van der Waals surface area contributed by atoms with Crippen molar-refractivity contribution in [3.05, 3.63) is 22.2 Å². The molecule has 7 heteroatoms. The Morgan fingerprint density at radius 3 is 3.08 bits per heavy atom. The lowest BCUT2D eigenvalue weighted by atomic mass is 10.1. The van der Waals surface area contributed by atoms with E-state index in [2.05, 4.69) is 15.3 Å². The second kappa shape index (κ2) is 7.36. The van der Waals surface area contributed by atoms with Crippen LogP contribution in [0.2, 0.25) is 0 Å². The van der Waals surface area contributed by atoms with E-state index in [9.17, 15) is 4.79 Å². The summed E-state index contributed by atoms with van der Waals surface area (Å²) in [5, 5.41) is 6.19. The van der Waals surface area contributed by atoms with Crippen molar-refractivity contribution in [1.82, 2.24) is 9.97 Å². The molecule has 130 valence electrons. The lowest BCUT2D eigenvalue weighted by Gasteiger charge is -2.09.